The minimum atomic E-state index is 0.378. The summed E-state index contributed by atoms with van der Waals surface area (Å²) < 4.78 is 10.7. The van der Waals surface area contributed by atoms with E-state index in [-0.39, 0.29) is 0 Å². The predicted molar refractivity (Wildman–Crippen MR) is 73.0 cm³/mol. The summed E-state index contributed by atoms with van der Waals surface area (Å²) in [5, 5.41) is 3.64. The first kappa shape index (κ1) is 13.4. The van der Waals surface area contributed by atoms with Crippen molar-refractivity contribution in [2.45, 2.75) is 44.9 Å². The van der Waals surface area contributed by atoms with E-state index in [0.29, 0.717) is 18.2 Å². The van der Waals surface area contributed by atoms with Gasteiger partial charge in [0.2, 0.25) is 0 Å². The Labute approximate surface area is 109 Å². The summed E-state index contributed by atoms with van der Waals surface area (Å²) >= 11 is 0. The molecule has 0 spiro atoms. The van der Waals surface area contributed by atoms with Crippen LogP contribution in [0.15, 0.2) is 24.3 Å². The molecular weight excluding hydrogens is 226 g/mol. The molecule has 1 N–H and O–H groups in total. The van der Waals surface area contributed by atoms with E-state index in [9.17, 15) is 0 Å². The SMILES string of the molecule is CCOC1CC(N[C@H](C)c2ccc(OC)cc2)C1. The molecule has 3 heteroatoms. The molecule has 18 heavy (non-hydrogen) atoms. The van der Waals surface area contributed by atoms with Crippen LogP contribution in [-0.4, -0.2) is 25.9 Å². The molecule has 1 aromatic rings. The van der Waals surface area contributed by atoms with Gasteiger partial charge in [-0.25, -0.2) is 0 Å². The molecule has 0 amide bonds. The molecule has 3 nitrogen and oxygen atoms in total. The Kier molecular flexibility index (Phi) is 4.61. The van der Waals surface area contributed by atoms with Crippen molar-refractivity contribution < 1.29 is 9.47 Å². The van der Waals surface area contributed by atoms with Crippen molar-refractivity contribution in [2.24, 2.45) is 0 Å². The van der Waals surface area contributed by atoms with Gasteiger partial charge in [0.05, 0.1) is 13.2 Å². The number of hydrogen-bond donors (Lipinski definition) is 1. The fraction of sp³-hybridized carbons (Fsp3) is 0.600. The molecule has 1 aliphatic rings. The maximum Gasteiger partial charge on any atom is 0.118 e. The first-order valence-electron chi connectivity index (χ1n) is 6.74. The van der Waals surface area contributed by atoms with Crippen LogP contribution in [0.1, 0.15) is 38.3 Å². The van der Waals surface area contributed by atoms with Crippen LogP contribution in [-0.2, 0) is 4.74 Å². The zero-order valence-electron chi connectivity index (χ0n) is 11.5. The zero-order valence-corrected chi connectivity index (χ0v) is 11.5. The minimum Gasteiger partial charge on any atom is -0.497 e. The molecule has 1 fully saturated rings. The Morgan fingerprint density at radius 2 is 1.94 bits per heavy atom. The van der Waals surface area contributed by atoms with Crippen LogP contribution in [0.3, 0.4) is 0 Å². The maximum atomic E-state index is 5.57. The number of ether oxygens (including phenoxy) is 2. The summed E-state index contributed by atoms with van der Waals surface area (Å²) in [6, 6.07) is 9.24. The second-order valence-electron chi connectivity index (χ2n) is 4.91. The van der Waals surface area contributed by atoms with E-state index < -0.39 is 0 Å². The quantitative estimate of drug-likeness (QED) is 0.841. The van der Waals surface area contributed by atoms with Crippen molar-refractivity contribution in [3.63, 3.8) is 0 Å². The lowest BCUT2D eigenvalue weighted by Crippen LogP contribution is -2.46. The molecule has 1 atom stereocenters. The largest absolute Gasteiger partial charge is 0.497 e. The van der Waals surface area contributed by atoms with E-state index in [2.05, 4.69) is 31.3 Å². The van der Waals surface area contributed by atoms with Crippen molar-refractivity contribution in [2.75, 3.05) is 13.7 Å². The summed E-state index contributed by atoms with van der Waals surface area (Å²) in [5.41, 5.74) is 1.30. The Morgan fingerprint density at radius 3 is 2.50 bits per heavy atom. The van der Waals surface area contributed by atoms with E-state index in [4.69, 9.17) is 9.47 Å². The lowest BCUT2D eigenvalue weighted by Gasteiger charge is -2.37. The highest BCUT2D eigenvalue weighted by atomic mass is 16.5. The van der Waals surface area contributed by atoms with Crippen LogP contribution in [0.5, 0.6) is 5.75 Å². The van der Waals surface area contributed by atoms with E-state index in [1.54, 1.807) is 7.11 Å². The molecule has 0 radical (unpaired) electrons. The summed E-state index contributed by atoms with van der Waals surface area (Å²) in [7, 11) is 1.69. The van der Waals surface area contributed by atoms with Crippen molar-refractivity contribution in [1.82, 2.24) is 5.32 Å². The predicted octanol–water partition coefficient (Wildman–Crippen LogP) is 2.91. The number of hydrogen-bond acceptors (Lipinski definition) is 3. The van der Waals surface area contributed by atoms with Gasteiger partial charge in [0, 0.05) is 18.7 Å². The first-order valence-corrected chi connectivity index (χ1v) is 6.74. The van der Waals surface area contributed by atoms with Gasteiger partial charge in [-0.1, -0.05) is 12.1 Å². The van der Waals surface area contributed by atoms with E-state index in [1.807, 2.05) is 12.1 Å². The van der Waals surface area contributed by atoms with Gasteiger partial charge >= 0.3 is 0 Å². The monoisotopic (exact) mass is 249 g/mol. The van der Waals surface area contributed by atoms with E-state index in [1.165, 1.54) is 5.56 Å². The maximum absolute atomic E-state index is 5.57. The second kappa shape index (κ2) is 6.21. The molecule has 0 heterocycles. The standard InChI is InChI=1S/C15H23NO2/c1-4-18-15-9-13(10-15)16-11(2)12-5-7-14(17-3)8-6-12/h5-8,11,13,15-16H,4,9-10H2,1-3H3/t11-,13?,15?/m1/s1. The molecule has 1 aromatic carbocycles. The fourth-order valence-corrected chi connectivity index (χ4v) is 2.42. The van der Waals surface area contributed by atoms with E-state index in [0.717, 1.165) is 25.2 Å². The lowest BCUT2D eigenvalue weighted by atomic mass is 9.88. The number of benzene rings is 1. The first-order chi connectivity index (χ1) is 8.72. The zero-order chi connectivity index (χ0) is 13.0. The van der Waals surface area contributed by atoms with Crippen LogP contribution in [0.25, 0.3) is 0 Å². The van der Waals surface area contributed by atoms with Gasteiger partial charge in [-0.15, -0.1) is 0 Å². The van der Waals surface area contributed by atoms with E-state index >= 15 is 0 Å². The summed E-state index contributed by atoms with van der Waals surface area (Å²) in [4.78, 5) is 0. The molecule has 1 saturated carbocycles. The molecule has 0 bridgehead atoms. The van der Waals surface area contributed by atoms with Crippen LogP contribution >= 0.6 is 0 Å². The van der Waals surface area contributed by atoms with Crippen molar-refractivity contribution >= 4 is 0 Å². The summed E-state index contributed by atoms with van der Waals surface area (Å²) in [6.45, 7) is 5.09. The fourth-order valence-electron chi connectivity index (χ4n) is 2.42. The molecular formula is C15H23NO2. The Hall–Kier alpha value is -1.06. The number of nitrogens with one attached hydrogen (secondary N) is 1. The van der Waals surface area contributed by atoms with Crippen LogP contribution < -0.4 is 10.1 Å². The highest BCUT2D eigenvalue weighted by Gasteiger charge is 2.30. The minimum absolute atomic E-state index is 0.378. The number of rotatable bonds is 6. The average Bonchev–Trinajstić information content (AvgIpc) is 2.36. The van der Waals surface area contributed by atoms with Crippen LogP contribution in [0.2, 0.25) is 0 Å². The molecule has 1 aliphatic carbocycles. The van der Waals surface area contributed by atoms with Crippen LogP contribution in [0.4, 0.5) is 0 Å². The van der Waals surface area contributed by atoms with Crippen molar-refractivity contribution in [1.29, 1.82) is 0 Å². The lowest BCUT2D eigenvalue weighted by molar-refractivity contribution is -0.0120. The third-order valence-corrected chi connectivity index (χ3v) is 3.60. The average molecular weight is 249 g/mol. The van der Waals surface area contributed by atoms with Gasteiger partial charge in [0.1, 0.15) is 5.75 Å². The third-order valence-electron chi connectivity index (χ3n) is 3.60. The smallest absolute Gasteiger partial charge is 0.118 e. The highest BCUT2D eigenvalue weighted by molar-refractivity contribution is 5.28. The molecule has 100 valence electrons. The van der Waals surface area contributed by atoms with Gasteiger partial charge in [-0.2, -0.15) is 0 Å². The van der Waals surface area contributed by atoms with Gasteiger partial charge in [0.15, 0.2) is 0 Å². The summed E-state index contributed by atoms with van der Waals surface area (Å²) in [5.74, 6) is 0.908. The number of methoxy groups -OCH3 is 1. The van der Waals surface area contributed by atoms with Gasteiger partial charge in [-0.3, -0.25) is 0 Å². The van der Waals surface area contributed by atoms with Crippen molar-refractivity contribution in [3.05, 3.63) is 29.8 Å². The third kappa shape index (κ3) is 3.24. The van der Waals surface area contributed by atoms with Crippen molar-refractivity contribution in [3.8, 4) is 5.75 Å². The Morgan fingerprint density at radius 1 is 1.28 bits per heavy atom. The Balaban J connectivity index is 1.79. The molecule has 0 unspecified atom stereocenters. The normalized spacial score (nSPS) is 24.4. The van der Waals surface area contributed by atoms with Crippen LogP contribution in [0, 0.1) is 0 Å². The molecule has 0 aliphatic heterocycles. The Bertz CT molecular complexity index is 357. The molecule has 0 aromatic heterocycles. The topological polar surface area (TPSA) is 30.5 Å². The second-order valence-corrected chi connectivity index (χ2v) is 4.91. The van der Waals surface area contributed by atoms with Gasteiger partial charge in [0.25, 0.3) is 0 Å². The van der Waals surface area contributed by atoms with Gasteiger partial charge < -0.3 is 14.8 Å². The molecule has 2 rings (SSSR count). The molecule has 0 saturated heterocycles. The van der Waals surface area contributed by atoms with Gasteiger partial charge in [-0.05, 0) is 44.4 Å². The summed E-state index contributed by atoms with van der Waals surface area (Å²) in [6.07, 6.45) is 2.73. The highest BCUT2D eigenvalue weighted by Crippen LogP contribution is 2.26.